The van der Waals surface area contributed by atoms with Crippen molar-refractivity contribution in [1.82, 2.24) is 15.6 Å². The summed E-state index contributed by atoms with van der Waals surface area (Å²) in [6, 6.07) is 0. The van der Waals surface area contributed by atoms with Crippen LogP contribution in [0.5, 0.6) is 0 Å². The predicted octanol–water partition coefficient (Wildman–Crippen LogP) is 3.08. The zero-order chi connectivity index (χ0) is 18.8. The standard InChI is InChI=1S/C19H34N4O2S/c1-5-20-18(21-9-7-10-24-13-15-8-6-11-25-15)22-12-17-23-16(14-26-17)19(2,3)4/h14-15H,5-13H2,1-4H3,(H2,20,21,22). The molecule has 1 aromatic rings. The molecule has 0 saturated carbocycles. The average molecular weight is 383 g/mol. The van der Waals surface area contributed by atoms with Crippen LogP contribution in [0.15, 0.2) is 10.4 Å². The third kappa shape index (κ3) is 7.60. The second-order valence-electron chi connectivity index (χ2n) is 7.56. The van der Waals surface area contributed by atoms with Crippen molar-refractivity contribution in [2.45, 2.75) is 65.0 Å². The Hall–Kier alpha value is -1.18. The zero-order valence-electron chi connectivity index (χ0n) is 16.6. The van der Waals surface area contributed by atoms with E-state index in [1.54, 1.807) is 11.3 Å². The van der Waals surface area contributed by atoms with Crippen molar-refractivity contribution in [2.75, 3.05) is 32.9 Å². The molecule has 2 heterocycles. The van der Waals surface area contributed by atoms with E-state index in [1.807, 2.05) is 0 Å². The quantitative estimate of drug-likeness (QED) is 0.390. The van der Waals surface area contributed by atoms with E-state index in [2.05, 4.69) is 48.7 Å². The molecule has 1 unspecified atom stereocenters. The molecule has 1 aromatic heterocycles. The fourth-order valence-electron chi connectivity index (χ4n) is 2.59. The van der Waals surface area contributed by atoms with Gasteiger partial charge in [-0.05, 0) is 26.2 Å². The normalized spacial score (nSPS) is 18.3. The van der Waals surface area contributed by atoms with Crippen LogP contribution in [-0.2, 0) is 21.4 Å². The lowest BCUT2D eigenvalue weighted by Gasteiger charge is -2.14. The van der Waals surface area contributed by atoms with E-state index in [0.717, 1.165) is 62.2 Å². The number of guanidine groups is 1. The summed E-state index contributed by atoms with van der Waals surface area (Å²) >= 11 is 1.68. The third-order valence-corrected chi connectivity index (χ3v) is 4.96. The number of aliphatic imine (C=N–C) groups is 1. The van der Waals surface area contributed by atoms with Crippen LogP contribution in [0, 0.1) is 0 Å². The lowest BCUT2D eigenvalue weighted by molar-refractivity contribution is 0.0168. The van der Waals surface area contributed by atoms with Crippen LogP contribution < -0.4 is 10.6 Å². The van der Waals surface area contributed by atoms with Gasteiger partial charge in [0, 0.05) is 37.1 Å². The summed E-state index contributed by atoms with van der Waals surface area (Å²) in [7, 11) is 0. The first-order valence-corrected chi connectivity index (χ1v) is 10.5. The second-order valence-corrected chi connectivity index (χ2v) is 8.50. The van der Waals surface area contributed by atoms with E-state index in [-0.39, 0.29) is 5.41 Å². The molecule has 2 N–H and O–H groups in total. The Morgan fingerprint density at radius 1 is 1.42 bits per heavy atom. The molecule has 148 valence electrons. The first kappa shape index (κ1) is 21.1. The SMILES string of the molecule is CCNC(=NCc1nc(C(C)(C)C)cs1)NCCCOCC1CCCO1. The Morgan fingerprint density at radius 2 is 2.27 bits per heavy atom. The topological polar surface area (TPSA) is 67.8 Å². The molecule has 2 rings (SSSR count). The molecule has 0 aliphatic carbocycles. The van der Waals surface area contributed by atoms with Gasteiger partial charge in [-0.2, -0.15) is 0 Å². The Kier molecular flexibility index (Phi) is 8.81. The minimum absolute atomic E-state index is 0.0880. The lowest BCUT2D eigenvalue weighted by Crippen LogP contribution is -2.38. The number of ether oxygens (including phenoxy) is 2. The molecule has 1 aliphatic rings. The number of hydrogen-bond acceptors (Lipinski definition) is 5. The molecule has 1 atom stereocenters. The molecule has 6 nitrogen and oxygen atoms in total. The zero-order valence-corrected chi connectivity index (χ0v) is 17.5. The van der Waals surface area contributed by atoms with Crippen molar-refractivity contribution in [3.05, 3.63) is 16.1 Å². The van der Waals surface area contributed by atoms with Crippen molar-refractivity contribution in [1.29, 1.82) is 0 Å². The van der Waals surface area contributed by atoms with Gasteiger partial charge < -0.3 is 20.1 Å². The van der Waals surface area contributed by atoms with E-state index >= 15 is 0 Å². The molecule has 1 saturated heterocycles. The van der Waals surface area contributed by atoms with E-state index in [4.69, 9.17) is 14.5 Å². The van der Waals surface area contributed by atoms with Crippen molar-refractivity contribution in [3.8, 4) is 0 Å². The maximum absolute atomic E-state index is 5.69. The number of hydrogen-bond donors (Lipinski definition) is 2. The molecule has 0 bridgehead atoms. The highest BCUT2D eigenvalue weighted by atomic mass is 32.1. The minimum Gasteiger partial charge on any atom is -0.379 e. The summed E-state index contributed by atoms with van der Waals surface area (Å²) in [6.45, 7) is 13.2. The van der Waals surface area contributed by atoms with Gasteiger partial charge in [0.1, 0.15) is 5.01 Å². The van der Waals surface area contributed by atoms with Gasteiger partial charge in [-0.25, -0.2) is 9.98 Å². The number of nitrogens with zero attached hydrogens (tertiary/aromatic N) is 2. The van der Waals surface area contributed by atoms with Crippen LogP contribution in [0.4, 0.5) is 0 Å². The number of rotatable bonds is 9. The van der Waals surface area contributed by atoms with E-state index < -0.39 is 0 Å². The van der Waals surface area contributed by atoms with E-state index in [9.17, 15) is 0 Å². The fraction of sp³-hybridized carbons (Fsp3) is 0.789. The highest BCUT2D eigenvalue weighted by Crippen LogP contribution is 2.24. The van der Waals surface area contributed by atoms with Gasteiger partial charge in [-0.3, -0.25) is 0 Å². The van der Waals surface area contributed by atoms with Gasteiger partial charge in [0.15, 0.2) is 5.96 Å². The van der Waals surface area contributed by atoms with E-state index in [1.165, 1.54) is 0 Å². The largest absolute Gasteiger partial charge is 0.379 e. The summed E-state index contributed by atoms with van der Waals surface area (Å²) in [6.07, 6.45) is 3.54. The Morgan fingerprint density at radius 3 is 2.92 bits per heavy atom. The molecule has 1 fully saturated rings. The number of aromatic nitrogens is 1. The fourth-order valence-corrected chi connectivity index (χ4v) is 3.53. The van der Waals surface area contributed by atoms with Crippen LogP contribution in [0.25, 0.3) is 0 Å². The first-order valence-electron chi connectivity index (χ1n) is 9.65. The maximum atomic E-state index is 5.69. The Labute approximate surface area is 161 Å². The summed E-state index contributed by atoms with van der Waals surface area (Å²) in [5.74, 6) is 0.833. The molecule has 0 aromatic carbocycles. The summed E-state index contributed by atoms with van der Waals surface area (Å²) in [5.41, 5.74) is 1.22. The molecular weight excluding hydrogens is 348 g/mol. The molecule has 0 radical (unpaired) electrons. The van der Waals surface area contributed by atoms with E-state index in [0.29, 0.717) is 19.3 Å². The van der Waals surface area contributed by atoms with Crippen LogP contribution in [0.3, 0.4) is 0 Å². The molecule has 1 aliphatic heterocycles. The van der Waals surface area contributed by atoms with Gasteiger partial charge in [-0.15, -0.1) is 11.3 Å². The number of nitrogens with one attached hydrogen (secondary N) is 2. The molecular formula is C19H34N4O2S. The molecule has 26 heavy (non-hydrogen) atoms. The van der Waals surface area contributed by atoms with Crippen LogP contribution in [0.1, 0.15) is 57.7 Å². The molecule has 7 heteroatoms. The average Bonchev–Trinajstić information content (AvgIpc) is 3.26. The maximum Gasteiger partial charge on any atom is 0.191 e. The van der Waals surface area contributed by atoms with Gasteiger partial charge >= 0.3 is 0 Å². The molecule has 0 spiro atoms. The van der Waals surface area contributed by atoms with Crippen molar-refractivity contribution in [3.63, 3.8) is 0 Å². The highest BCUT2D eigenvalue weighted by Gasteiger charge is 2.17. The van der Waals surface area contributed by atoms with Gasteiger partial charge in [-0.1, -0.05) is 20.8 Å². The Bertz CT molecular complexity index is 548. The first-order chi connectivity index (χ1) is 12.5. The van der Waals surface area contributed by atoms with Gasteiger partial charge in [0.05, 0.1) is 24.9 Å². The third-order valence-electron chi connectivity index (χ3n) is 4.12. The highest BCUT2D eigenvalue weighted by molar-refractivity contribution is 7.09. The van der Waals surface area contributed by atoms with Crippen LogP contribution in [-0.4, -0.2) is 50.0 Å². The van der Waals surface area contributed by atoms with Gasteiger partial charge in [0.25, 0.3) is 0 Å². The van der Waals surface area contributed by atoms with Crippen molar-refractivity contribution in [2.24, 2.45) is 4.99 Å². The minimum atomic E-state index is 0.0880. The summed E-state index contributed by atoms with van der Waals surface area (Å²) in [5, 5.41) is 9.83. The number of thiazole rings is 1. The van der Waals surface area contributed by atoms with Crippen molar-refractivity contribution < 1.29 is 9.47 Å². The second kappa shape index (κ2) is 10.8. The lowest BCUT2D eigenvalue weighted by atomic mass is 9.93. The van der Waals surface area contributed by atoms with Crippen LogP contribution in [0.2, 0.25) is 0 Å². The monoisotopic (exact) mass is 382 g/mol. The van der Waals surface area contributed by atoms with Crippen LogP contribution >= 0.6 is 11.3 Å². The van der Waals surface area contributed by atoms with Crippen molar-refractivity contribution >= 4 is 17.3 Å². The summed E-state index contributed by atoms with van der Waals surface area (Å²) < 4.78 is 11.2. The predicted molar refractivity (Wildman–Crippen MR) is 108 cm³/mol. The Balaban J connectivity index is 1.68. The summed E-state index contributed by atoms with van der Waals surface area (Å²) in [4.78, 5) is 9.34. The molecule has 0 amide bonds. The smallest absolute Gasteiger partial charge is 0.191 e. The van der Waals surface area contributed by atoms with Gasteiger partial charge in [0.2, 0.25) is 0 Å².